The molecule has 0 radical (unpaired) electrons. The van der Waals surface area contributed by atoms with Gasteiger partial charge in [-0.3, -0.25) is 9.48 Å². The fourth-order valence-corrected chi connectivity index (χ4v) is 4.20. The molecule has 2 aromatic carbocycles. The van der Waals surface area contributed by atoms with Crippen molar-refractivity contribution >= 4 is 16.8 Å². The summed E-state index contributed by atoms with van der Waals surface area (Å²) in [5.41, 5.74) is 2.58. The standard InChI is InChI=1S/C24H29N3O2/c1-29-23-11-7-6-10-21(23)17-27-16-20-13-12-19(14-22(20)26-27)24(28)25-15-18-8-4-2-3-5-9-18/h6-7,10-14,16,18H,2-5,8-9,15,17H2,1H3,(H,25,28). The number of carbonyl (C=O) groups is 1. The number of hydrogen-bond donors (Lipinski definition) is 1. The van der Waals surface area contributed by atoms with Crippen molar-refractivity contribution < 1.29 is 9.53 Å². The van der Waals surface area contributed by atoms with E-state index in [1.165, 1.54) is 38.5 Å². The predicted molar refractivity (Wildman–Crippen MR) is 115 cm³/mol. The molecule has 5 heteroatoms. The molecule has 1 heterocycles. The van der Waals surface area contributed by atoms with Gasteiger partial charge in [0.1, 0.15) is 5.75 Å². The smallest absolute Gasteiger partial charge is 0.251 e. The summed E-state index contributed by atoms with van der Waals surface area (Å²) >= 11 is 0. The first kappa shape index (κ1) is 19.5. The average molecular weight is 392 g/mol. The molecule has 152 valence electrons. The molecule has 0 saturated heterocycles. The monoisotopic (exact) mass is 391 g/mol. The number of benzene rings is 2. The van der Waals surface area contributed by atoms with Crippen molar-refractivity contribution in [2.24, 2.45) is 5.92 Å². The summed E-state index contributed by atoms with van der Waals surface area (Å²) in [6.45, 7) is 1.40. The number of hydrogen-bond acceptors (Lipinski definition) is 3. The van der Waals surface area contributed by atoms with Gasteiger partial charge in [-0.05, 0) is 37.0 Å². The van der Waals surface area contributed by atoms with Crippen LogP contribution in [0.4, 0.5) is 0 Å². The van der Waals surface area contributed by atoms with E-state index in [4.69, 9.17) is 4.74 Å². The predicted octanol–water partition coefficient (Wildman–Crippen LogP) is 4.79. The van der Waals surface area contributed by atoms with Gasteiger partial charge < -0.3 is 10.1 Å². The first-order valence-corrected chi connectivity index (χ1v) is 10.6. The van der Waals surface area contributed by atoms with Crippen molar-refractivity contribution in [3.05, 3.63) is 59.8 Å². The normalized spacial score (nSPS) is 15.2. The number of amides is 1. The van der Waals surface area contributed by atoms with Crippen molar-refractivity contribution in [1.29, 1.82) is 0 Å². The number of rotatable bonds is 6. The van der Waals surface area contributed by atoms with Gasteiger partial charge in [-0.2, -0.15) is 5.10 Å². The lowest BCUT2D eigenvalue weighted by atomic mass is 10.0. The Morgan fingerprint density at radius 2 is 1.93 bits per heavy atom. The maximum atomic E-state index is 12.6. The van der Waals surface area contributed by atoms with E-state index < -0.39 is 0 Å². The Bertz CT molecular complexity index is 971. The summed E-state index contributed by atoms with van der Waals surface area (Å²) in [5.74, 6) is 1.46. The summed E-state index contributed by atoms with van der Waals surface area (Å²) in [7, 11) is 1.68. The van der Waals surface area contributed by atoms with Gasteiger partial charge in [0.25, 0.3) is 5.91 Å². The second kappa shape index (κ2) is 9.12. The van der Waals surface area contributed by atoms with Crippen LogP contribution < -0.4 is 10.1 Å². The van der Waals surface area contributed by atoms with E-state index >= 15 is 0 Å². The Kier molecular flexibility index (Phi) is 6.13. The van der Waals surface area contributed by atoms with Crippen molar-refractivity contribution in [2.45, 2.75) is 45.1 Å². The van der Waals surface area contributed by atoms with Crippen LogP contribution in [0.5, 0.6) is 5.75 Å². The molecule has 1 aromatic heterocycles. The molecular formula is C24H29N3O2. The topological polar surface area (TPSA) is 56.1 Å². The molecule has 1 fully saturated rings. The molecular weight excluding hydrogens is 362 g/mol. The van der Waals surface area contributed by atoms with Gasteiger partial charge in [0.05, 0.1) is 19.2 Å². The lowest BCUT2D eigenvalue weighted by molar-refractivity contribution is 0.0946. The van der Waals surface area contributed by atoms with E-state index in [2.05, 4.69) is 10.4 Å². The molecule has 1 aliphatic carbocycles. The first-order chi connectivity index (χ1) is 14.2. The van der Waals surface area contributed by atoms with E-state index in [-0.39, 0.29) is 5.91 Å². The Morgan fingerprint density at radius 1 is 1.14 bits per heavy atom. The summed E-state index contributed by atoms with van der Waals surface area (Å²) in [4.78, 5) is 12.6. The first-order valence-electron chi connectivity index (χ1n) is 10.6. The lowest BCUT2D eigenvalue weighted by Gasteiger charge is -2.14. The summed E-state index contributed by atoms with van der Waals surface area (Å²) in [6, 6.07) is 13.7. The van der Waals surface area contributed by atoms with Crippen LogP contribution in [0.3, 0.4) is 0 Å². The number of aromatic nitrogens is 2. The van der Waals surface area contributed by atoms with E-state index in [9.17, 15) is 4.79 Å². The van der Waals surface area contributed by atoms with E-state index in [0.29, 0.717) is 18.0 Å². The van der Waals surface area contributed by atoms with Gasteiger partial charge in [-0.25, -0.2) is 0 Å². The molecule has 29 heavy (non-hydrogen) atoms. The fraction of sp³-hybridized carbons (Fsp3) is 0.417. The molecule has 1 saturated carbocycles. The SMILES string of the molecule is COc1ccccc1Cn1cc2ccc(C(=O)NCC3CCCCCC3)cc2n1. The zero-order chi connectivity index (χ0) is 20.1. The van der Waals surface area contributed by atoms with Crippen LogP contribution in [0, 0.1) is 5.92 Å². The van der Waals surface area contributed by atoms with Gasteiger partial charge in [0.15, 0.2) is 0 Å². The second-order valence-corrected chi connectivity index (χ2v) is 7.98. The minimum absolute atomic E-state index is 0.00424. The van der Waals surface area contributed by atoms with Crippen molar-refractivity contribution in [2.75, 3.05) is 13.7 Å². The number of para-hydroxylation sites is 1. The maximum absolute atomic E-state index is 12.6. The molecule has 1 aliphatic rings. The zero-order valence-corrected chi connectivity index (χ0v) is 17.1. The summed E-state index contributed by atoms with van der Waals surface area (Å²) in [5, 5.41) is 8.83. The van der Waals surface area contributed by atoms with Gasteiger partial charge in [-0.1, -0.05) is 49.9 Å². The number of nitrogens with zero attached hydrogens (tertiary/aromatic N) is 2. The van der Waals surface area contributed by atoms with Gasteiger partial charge in [-0.15, -0.1) is 0 Å². The highest BCUT2D eigenvalue weighted by Crippen LogP contribution is 2.23. The third-order valence-corrected chi connectivity index (χ3v) is 5.87. The highest BCUT2D eigenvalue weighted by atomic mass is 16.5. The Hall–Kier alpha value is -2.82. The van der Waals surface area contributed by atoms with Crippen LogP contribution in [0.15, 0.2) is 48.7 Å². The minimum atomic E-state index is -0.00424. The molecule has 5 nitrogen and oxygen atoms in total. The van der Waals surface area contributed by atoms with Crippen molar-refractivity contribution in [1.82, 2.24) is 15.1 Å². The Morgan fingerprint density at radius 3 is 2.72 bits per heavy atom. The second-order valence-electron chi connectivity index (χ2n) is 7.98. The zero-order valence-electron chi connectivity index (χ0n) is 17.1. The number of fused-ring (bicyclic) bond motifs is 1. The van der Waals surface area contributed by atoms with Gasteiger partial charge in [0.2, 0.25) is 0 Å². The molecule has 0 unspecified atom stereocenters. The Balaban J connectivity index is 1.44. The Labute approximate surface area is 172 Å². The lowest BCUT2D eigenvalue weighted by Crippen LogP contribution is -2.29. The molecule has 0 bridgehead atoms. The largest absolute Gasteiger partial charge is 0.496 e. The third-order valence-electron chi connectivity index (χ3n) is 5.87. The van der Waals surface area contributed by atoms with Crippen LogP contribution in [-0.2, 0) is 6.54 Å². The molecule has 0 atom stereocenters. The third kappa shape index (κ3) is 4.78. The van der Waals surface area contributed by atoms with Crippen LogP contribution in [0.2, 0.25) is 0 Å². The highest BCUT2D eigenvalue weighted by Gasteiger charge is 2.15. The molecule has 1 amide bonds. The quantitative estimate of drug-likeness (QED) is 0.615. The number of ether oxygens (including phenoxy) is 1. The summed E-state index contributed by atoms with van der Waals surface area (Å²) < 4.78 is 7.33. The van der Waals surface area contributed by atoms with Crippen LogP contribution in [0.25, 0.3) is 10.9 Å². The van der Waals surface area contributed by atoms with Gasteiger partial charge >= 0.3 is 0 Å². The summed E-state index contributed by atoms with van der Waals surface area (Å²) in [6.07, 6.45) is 9.71. The van der Waals surface area contributed by atoms with E-state index in [0.717, 1.165) is 28.8 Å². The van der Waals surface area contributed by atoms with E-state index in [1.807, 2.05) is 53.3 Å². The van der Waals surface area contributed by atoms with E-state index in [1.54, 1.807) is 7.11 Å². The van der Waals surface area contributed by atoms with Crippen LogP contribution in [-0.4, -0.2) is 29.3 Å². The van der Waals surface area contributed by atoms with Crippen LogP contribution >= 0.6 is 0 Å². The van der Waals surface area contributed by atoms with Crippen LogP contribution in [0.1, 0.15) is 54.4 Å². The highest BCUT2D eigenvalue weighted by molar-refractivity contribution is 5.97. The molecule has 3 aromatic rings. The number of nitrogens with one attached hydrogen (secondary N) is 1. The number of carbonyl (C=O) groups excluding carboxylic acids is 1. The average Bonchev–Trinajstić information content (AvgIpc) is 2.96. The van der Waals surface area contributed by atoms with Crippen molar-refractivity contribution in [3.63, 3.8) is 0 Å². The molecule has 4 rings (SSSR count). The number of methoxy groups -OCH3 is 1. The maximum Gasteiger partial charge on any atom is 0.251 e. The molecule has 1 N–H and O–H groups in total. The molecule has 0 spiro atoms. The molecule has 0 aliphatic heterocycles. The van der Waals surface area contributed by atoms with Gasteiger partial charge in [0, 0.05) is 29.3 Å². The van der Waals surface area contributed by atoms with Crippen molar-refractivity contribution in [3.8, 4) is 5.75 Å². The fourth-order valence-electron chi connectivity index (χ4n) is 4.20. The minimum Gasteiger partial charge on any atom is -0.496 e.